The van der Waals surface area contributed by atoms with Crippen molar-refractivity contribution < 1.29 is 9.59 Å². The van der Waals surface area contributed by atoms with Crippen LogP contribution in [0, 0.1) is 0 Å². The minimum atomic E-state index is -0.569. The lowest BCUT2D eigenvalue weighted by Crippen LogP contribution is -2.29. The normalized spacial score (nSPS) is 9.65. The summed E-state index contributed by atoms with van der Waals surface area (Å²) in [4.78, 5) is 22.6. The first-order chi connectivity index (χ1) is 8.15. The minimum absolute atomic E-state index is 0.152. The highest BCUT2D eigenvalue weighted by Crippen LogP contribution is 2.13. The van der Waals surface area contributed by atoms with Gasteiger partial charge in [0.25, 0.3) is 5.91 Å². The number of nitrogens with one attached hydrogen (secondary N) is 2. The molecule has 1 rings (SSSR count). The number of nitrogens with two attached hydrogens (primary N) is 1. The Kier molecular flexibility index (Phi) is 4.90. The first-order valence-corrected chi connectivity index (χ1v) is 5.15. The number of hydrogen-bond donors (Lipinski definition) is 3. The number of anilines is 1. The molecule has 0 aliphatic carbocycles. The second-order valence-corrected chi connectivity index (χ2v) is 3.38. The Morgan fingerprint density at radius 1 is 1.35 bits per heavy atom. The highest BCUT2D eigenvalue weighted by atomic mass is 16.2. The summed E-state index contributed by atoms with van der Waals surface area (Å²) in [6, 6.07) is 6.60. The fourth-order valence-corrected chi connectivity index (χ4v) is 1.29. The molecule has 0 saturated carbocycles. The van der Waals surface area contributed by atoms with Gasteiger partial charge in [-0.1, -0.05) is 18.2 Å². The van der Waals surface area contributed by atoms with E-state index in [2.05, 4.69) is 17.2 Å². The monoisotopic (exact) mass is 233 g/mol. The molecule has 0 aliphatic heterocycles. The Morgan fingerprint density at radius 2 is 2.06 bits per heavy atom. The van der Waals surface area contributed by atoms with Crippen LogP contribution >= 0.6 is 0 Å². The van der Waals surface area contributed by atoms with E-state index >= 15 is 0 Å². The zero-order valence-corrected chi connectivity index (χ0v) is 9.40. The van der Waals surface area contributed by atoms with Gasteiger partial charge in [-0.05, 0) is 12.1 Å². The molecule has 90 valence electrons. The topological polar surface area (TPSA) is 84.2 Å². The lowest BCUT2D eigenvalue weighted by molar-refractivity contribution is -0.115. The Labute approximate surface area is 99.7 Å². The number of hydrogen-bond acceptors (Lipinski definition) is 3. The number of para-hydroxylation sites is 1. The third-order valence-electron chi connectivity index (χ3n) is 2.04. The molecule has 17 heavy (non-hydrogen) atoms. The van der Waals surface area contributed by atoms with Gasteiger partial charge in [0, 0.05) is 6.54 Å². The minimum Gasteiger partial charge on any atom is -0.366 e. The number of carbonyl (C=O) groups is 2. The Bertz CT molecular complexity index is 430. The number of rotatable bonds is 6. The first-order valence-electron chi connectivity index (χ1n) is 5.15. The van der Waals surface area contributed by atoms with Crippen LogP contribution < -0.4 is 16.4 Å². The van der Waals surface area contributed by atoms with E-state index in [1.165, 1.54) is 0 Å². The molecule has 0 radical (unpaired) electrons. The molecule has 0 unspecified atom stereocenters. The van der Waals surface area contributed by atoms with E-state index in [1.54, 1.807) is 30.3 Å². The molecule has 0 aromatic heterocycles. The molecule has 2 amide bonds. The van der Waals surface area contributed by atoms with Crippen LogP contribution in [0.3, 0.4) is 0 Å². The summed E-state index contributed by atoms with van der Waals surface area (Å²) in [6.07, 6.45) is 1.66. The molecule has 0 spiro atoms. The summed E-state index contributed by atoms with van der Waals surface area (Å²) in [7, 11) is 0. The van der Waals surface area contributed by atoms with E-state index in [0.717, 1.165) is 0 Å². The zero-order valence-electron chi connectivity index (χ0n) is 9.40. The molecule has 0 fully saturated rings. The number of carbonyl (C=O) groups excluding carboxylic acids is 2. The van der Waals surface area contributed by atoms with Gasteiger partial charge in [-0.25, -0.2) is 0 Å². The second-order valence-electron chi connectivity index (χ2n) is 3.38. The smallest absolute Gasteiger partial charge is 0.250 e. The fourth-order valence-electron chi connectivity index (χ4n) is 1.29. The van der Waals surface area contributed by atoms with Gasteiger partial charge in [0.05, 0.1) is 17.8 Å². The Hall–Kier alpha value is -2.14. The molecule has 1 aromatic carbocycles. The van der Waals surface area contributed by atoms with Crippen LogP contribution in [0.4, 0.5) is 5.69 Å². The van der Waals surface area contributed by atoms with Crippen molar-refractivity contribution in [2.24, 2.45) is 5.73 Å². The average molecular weight is 233 g/mol. The molecule has 1 aromatic rings. The molecular weight excluding hydrogens is 218 g/mol. The second kappa shape index (κ2) is 6.44. The third-order valence-corrected chi connectivity index (χ3v) is 2.04. The van der Waals surface area contributed by atoms with E-state index in [4.69, 9.17) is 5.73 Å². The standard InChI is InChI=1S/C12H15N3O2/c1-2-7-14-8-11(16)15-10-6-4-3-5-9(10)12(13)17/h2-6,14H,1,7-8H2,(H2,13,17)(H,15,16). The quantitative estimate of drug-likeness (QED) is 0.494. The van der Waals surface area contributed by atoms with Crippen molar-refractivity contribution in [3.8, 4) is 0 Å². The fraction of sp³-hybridized carbons (Fsp3) is 0.167. The molecule has 0 aliphatic rings. The number of benzene rings is 1. The lowest BCUT2D eigenvalue weighted by atomic mass is 10.1. The first kappa shape index (κ1) is 12.9. The Morgan fingerprint density at radius 3 is 2.71 bits per heavy atom. The van der Waals surface area contributed by atoms with Gasteiger partial charge >= 0.3 is 0 Å². The van der Waals surface area contributed by atoms with E-state index in [0.29, 0.717) is 17.8 Å². The van der Waals surface area contributed by atoms with Crippen LogP contribution in [-0.2, 0) is 4.79 Å². The molecule has 0 bridgehead atoms. The van der Waals surface area contributed by atoms with Crippen LogP contribution in [0.5, 0.6) is 0 Å². The third kappa shape index (κ3) is 4.08. The number of amides is 2. The molecular formula is C12H15N3O2. The summed E-state index contributed by atoms with van der Waals surface area (Å²) < 4.78 is 0. The van der Waals surface area contributed by atoms with Crippen molar-refractivity contribution in [2.45, 2.75) is 0 Å². The molecule has 0 heterocycles. The lowest BCUT2D eigenvalue weighted by Gasteiger charge is -2.08. The zero-order chi connectivity index (χ0) is 12.7. The average Bonchev–Trinajstić information content (AvgIpc) is 2.29. The number of primary amides is 1. The SMILES string of the molecule is C=CCNCC(=O)Nc1ccccc1C(N)=O. The predicted molar refractivity (Wildman–Crippen MR) is 66.7 cm³/mol. The summed E-state index contributed by atoms with van der Waals surface area (Å²) in [5.41, 5.74) is 5.91. The van der Waals surface area contributed by atoms with Gasteiger partial charge in [-0.3, -0.25) is 9.59 Å². The van der Waals surface area contributed by atoms with Crippen LogP contribution in [-0.4, -0.2) is 24.9 Å². The summed E-state index contributed by atoms with van der Waals surface area (Å²) in [6.45, 7) is 4.22. The van der Waals surface area contributed by atoms with Gasteiger partial charge in [0.15, 0.2) is 0 Å². The van der Waals surface area contributed by atoms with Crippen LogP contribution in [0.15, 0.2) is 36.9 Å². The maximum atomic E-state index is 11.5. The Balaban J connectivity index is 2.64. The summed E-state index contributed by atoms with van der Waals surface area (Å²) in [5.74, 6) is -0.805. The molecule has 5 heteroatoms. The van der Waals surface area contributed by atoms with Crippen molar-refractivity contribution in [2.75, 3.05) is 18.4 Å². The predicted octanol–water partition coefficient (Wildman–Crippen LogP) is 0.500. The van der Waals surface area contributed by atoms with E-state index in [1.807, 2.05) is 0 Å². The molecule has 4 N–H and O–H groups in total. The van der Waals surface area contributed by atoms with E-state index in [-0.39, 0.29) is 12.5 Å². The highest BCUT2D eigenvalue weighted by Gasteiger charge is 2.09. The van der Waals surface area contributed by atoms with E-state index in [9.17, 15) is 9.59 Å². The van der Waals surface area contributed by atoms with Crippen molar-refractivity contribution in [1.82, 2.24) is 5.32 Å². The van der Waals surface area contributed by atoms with Gasteiger partial charge in [0.2, 0.25) is 5.91 Å². The van der Waals surface area contributed by atoms with Gasteiger partial charge < -0.3 is 16.4 Å². The van der Waals surface area contributed by atoms with Crippen molar-refractivity contribution in [1.29, 1.82) is 0 Å². The van der Waals surface area contributed by atoms with Crippen molar-refractivity contribution in [3.05, 3.63) is 42.5 Å². The largest absolute Gasteiger partial charge is 0.366 e. The van der Waals surface area contributed by atoms with Crippen LogP contribution in [0.2, 0.25) is 0 Å². The van der Waals surface area contributed by atoms with Crippen molar-refractivity contribution in [3.63, 3.8) is 0 Å². The van der Waals surface area contributed by atoms with E-state index < -0.39 is 5.91 Å². The highest BCUT2D eigenvalue weighted by molar-refractivity contribution is 6.03. The summed E-state index contributed by atoms with van der Waals surface area (Å²) in [5, 5.41) is 5.47. The summed E-state index contributed by atoms with van der Waals surface area (Å²) >= 11 is 0. The van der Waals surface area contributed by atoms with Gasteiger partial charge in [-0.2, -0.15) is 0 Å². The molecule has 0 atom stereocenters. The maximum Gasteiger partial charge on any atom is 0.250 e. The molecule has 5 nitrogen and oxygen atoms in total. The van der Waals surface area contributed by atoms with Crippen LogP contribution in [0.25, 0.3) is 0 Å². The maximum absolute atomic E-state index is 11.5. The van der Waals surface area contributed by atoms with Crippen molar-refractivity contribution >= 4 is 17.5 Å². The molecule has 0 saturated heterocycles. The van der Waals surface area contributed by atoms with Gasteiger partial charge in [0.1, 0.15) is 0 Å². The van der Waals surface area contributed by atoms with Gasteiger partial charge in [-0.15, -0.1) is 6.58 Å². The van der Waals surface area contributed by atoms with Crippen LogP contribution in [0.1, 0.15) is 10.4 Å².